The Morgan fingerprint density at radius 3 is 2.76 bits per heavy atom. The summed E-state index contributed by atoms with van der Waals surface area (Å²) in [6.07, 6.45) is 4.83. The monoisotopic (exact) mass is 443 g/mol. The molecular formula is C24H22FN7O. The van der Waals surface area contributed by atoms with Gasteiger partial charge in [-0.25, -0.2) is 9.37 Å². The number of nitrogen functional groups attached to an aromatic ring is 1. The molecule has 0 fully saturated rings. The number of nitrogens with zero attached hydrogens (tertiary/aromatic N) is 5. The molecule has 1 aromatic carbocycles. The van der Waals surface area contributed by atoms with Gasteiger partial charge >= 0.3 is 0 Å². The summed E-state index contributed by atoms with van der Waals surface area (Å²) in [7, 11) is 1.74. The van der Waals surface area contributed by atoms with Crippen LogP contribution in [0.15, 0.2) is 49.4 Å². The van der Waals surface area contributed by atoms with Gasteiger partial charge in [-0.05, 0) is 41.6 Å². The van der Waals surface area contributed by atoms with E-state index in [0.717, 1.165) is 22.2 Å². The van der Waals surface area contributed by atoms with Gasteiger partial charge in [-0.15, -0.1) is 0 Å². The summed E-state index contributed by atoms with van der Waals surface area (Å²) in [5.74, 6) is 0.523. The summed E-state index contributed by atoms with van der Waals surface area (Å²) in [6, 6.07) is 7.20. The minimum atomic E-state index is -0.493. The molecular weight excluding hydrogens is 421 g/mol. The number of aromatic nitrogens is 4. The van der Waals surface area contributed by atoms with Gasteiger partial charge in [-0.2, -0.15) is 5.10 Å². The predicted molar refractivity (Wildman–Crippen MR) is 126 cm³/mol. The highest BCUT2D eigenvalue weighted by molar-refractivity contribution is 5.98. The average Bonchev–Trinajstić information content (AvgIpc) is 3.14. The van der Waals surface area contributed by atoms with Crippen LogP contribution in [-0.2, 0) is 11.3 Å². The van der Waals surface area contributed by atoms with Gasteiger partial charge in [0, 0.05) is 54.8 Å². The number of fused-ring (bicyclic) bond motifs is 2. The first-order valence-electron chi connectivity index (χ1n) is 10.4. The standard InChI is InChI=1S/C24H22FN7O/c1-13-4-5-27-9-17(13)16-6-15-7-20(28-10-18(15)24(26)23(16)25)29-21-8-19-14(2)11-31(3)22(33)12-32(19)30-21/h4-10H,2,11-12,26H2,1,3H3,(H,28,29,30). The van der Waals surface area contributed by atoms with Gasteiger partial charge in [0.15, 0.2) is 11.6 Å². The van der Waals surface area contributed by atoms with E-state index in [2.05, 4.69) is 27.0 Å². The van der Waals surface area contributed by atoms with Gasteiger partial charge in [0.2, 0.25) is 5.91 Å². The summed E-state index contributed by atoms with van der Waals surface area (Å²) in [6.45, 7) is 6.56. The molecule has 0 aliphatic carbocycles. The van der Waals surface area contributed by atoms with Crippen LogP contribution in [0, 0.1) is 12.7 Å². The van der Waals surface area contributed by atoms with Crippen LogP contribution in [0.4, 0.5) is 21.7 Å². The van der Waals surface area contributed by atoms with Crippen molar-refractivity contribution < 1.29 is 9.18 Å². The molecule has 4 aromatic rings. The lowest BCUT2D eigenvalue weighted by Crippen LogP contribution is -2.28. The molecule has 3 N–H and O–H groups in total. The summed E-state index contributed by atoms with van der Waals surface area (Å²) in [4.78, 5) is 22.3. The second-order valence-electron chi connectivity index (χ2n) is 8.18. The first kappa shape index (κ1) is 20.6. The number of nitrogens with two attached hydrogens (primary N) is 1. The Labute approximate surface area is 189 Å². The van der Waals surface area contributed by atoms with E-state index in [-0.39, 0.29) is 18.1 Å². The second kappa shape index (κ2) is 7.70. The van der Waals surface area contributed by atoms with Crippen molar-refractivity contribution in [3.05, 3.63) is 66.5 Å². The zero-order valence-corrected chi connectivity index (χ0v) is 18.3. The molecule has 1 aliphatic heterocycles. The van der Waals surface area contributed by atoms with E-state index in [1.807, 2.05) is 19.1 Å². The molecule has 1 amide bonds. The fraction of sp³-hybridized carbons (Fsp3) is 0.167. The quantitative estimate of drug-likeness (QED) is 0.468. The van der Waals surface area contributed by atoms with Crippen molar-refractivity contribution in [1.29, 1.82) is 0 Å². The minimum absolute atomic E-state index is 0.0379. The number of amides is 1. The SMILES string of the molecule is C=C1CN(C)C(=O)Cn2nc(Nc3cc4cc(-c5cnccc5C)c(F)c(N)c4cn3)cc21. The highest BCUT2D eigenvalue weighted by Gasteiger charge is 2.22. The van der Waals surface area contributed by atoms with Crippen molar-refractivity contribution in [2.24, 2.45) is 0 Å². The molecule has 0 saturated carbocycles. The molecule has 33 heavy (non-hydrogen) atoms. The lowest BCUT2D eigenvalue weighted by molar-refractivity contribution is -0.129. The molecule has 0 radical (unpaired) electrons. The number of benzene rings is 1. The number of anilines is 3. The van der Waals surface area contributed by atoms with Gasteiger partial charge in [0.25, 0.3) is 0 Å². The van der Waals surface area contributed by atoms with Crippen LogP contribution in [0.5, 0.6) is 0 Å². The molecule has 0 bridgehead atoms. The first-order chi connectivity index (χ1) is 15.8. The number of pyridine rings is 2. The normalized spacial score (nSPS) is 13.8. The van der Waals surface area contributed by atoms with Crippen molar-refractivity contribution in [1.82, 2.24) is 24.6 Å². The third-order valence-corrected chi connectivity index (χ3v) is 5.87. The fourth-order valence-electron chi connectivity index (χ4n) is 4.03. The minimum Gasteiger partial charge on any atom is -0.396 e. The lowest BCUT2D eigenvalue weighted by atomic mass is 9.98. The molecule has 4 heterocycles. The Balaban J connectivity index is 1.53. The largest absolute Gasteiger partial charge is 0.396 e. The van der Waals surface area contributed by atoms with Gasteiger partial charge < -0.3 is 16.0 Å². The number of carbonyl (C=O) groups is 1. The Kier molecular flexibility index (Phi) is 4.81. The van der Waals surface area contributed by atoms with E-state index < -0.39 is 5.82 Å². The van der Waals surface area contributed by atoms with Crippen LogP contribution in [-0.4, -0.2) is 44.1 Å². The van der Waals surface area contributed by atoms with Crippen molar-refractivity contribution >= 4 is 39.6 Å². The number of hydrogen-bond acceptors (Lipinski definition) is 6. The number of halogens is 1. The topological polar surface area (TPSA) is 102 Å². The van der Waals surface area contributed by atoms with E-state index in [1.54, 1.807) is 41.2 Å². The molecule has 0 unspecified atom stereocenters. The Hall–Kier alpha value is -4.27. The maximum atomic E-state index is 15.1. The Morgan fingerprint density at radius 2 is 1.97 bits per heavy atom. The van der Waals surface area contributed by atoms with E-state index in [1.165, 1.54) is 6.20 Å². The van der Waals surface area contributed by atoms with Gasteiger partial charge in [0.1, 0.15) is 12.4 Å². The molecule has 1 aliphatic rings. The highest BCUT2D eigenvalue weighted by Crippen LogP contribution is 2.35. The second-order valence-corrected chi connectivity index (χ2v) is 8.18. The molecule has 0 saturated heterocycles. The zero-order chi connectivity index (χ0) is 23.3. The van der Waals surface area contributed by atoms with Gasteiger partial charge in [0.05, 0.1) is 11.4 Å². The maximum Gasteiger partial charge on any atom is 0.244 e. The Bertz CT molecular complexity index is 1440. The molecule has 166 valence electrons. The number of carbonyl (C=O) groups excluding carboxylic acids is 1. The predicted octanol–water partition coefficient (Wildman–Crippen LogP) is 3.75. The highest BCUT2D eigenvalue weighted by atomic mass is 19.1. The average molecular weight is 443 g/mol. The van der Waals surface area contributed by atoms with Crippen LogP contribution >= 0.6 is 0 Å². The van der Waals surface area contributed by atoms with Crippen LogP contribution < -0.4 is 11.1 Å². The number of aryl methyl sites for hydroxylation is 1. The summed E-state index contributed by atoms with van der Waals surface area (Å²) < 4.78 is 16.7. The van der Waals surface area contributed by atoms with E-state index in [4.69, 9.17) is 5.73 Å². The smallest absolute Gasteiger partial charge is 0.244 e. The van der Waals surface area contributed by atoms with Crippen molar-refractivity contribution in [2.75, 3.05) is 24.6 Å². The van der Waals surface area contributed by atoms with E-state index in [0.29, 0.717) is 34.7 Å². The van der Waals surface area contributed by atoms with Crippen LogP contribution in [0.1, 0.15) is 11.3 Å². The van der Waals surface area contributed by atoms with E-state index in [9.17, 15) is 4.79 Å². The molecule has 5 rings (SSSR count). The number of nitrogens with one attached hydrogen (secondary N) is 1. The molecule has 0 atom stereocenters. The molecule has 9 heteroatoms. The van der Waals surface area contributed by atoms with Crippen LogP contribution in [0.2, 0.25) is 0 Å². The third-order valence-electron chi connectivity index (χ3n) is 5.87. The van der Waals surface area contributed by atoms with Crippen LogP contribution in [0.3, 0.4) is 0 Å². The number of likely N-dealkylation sites (N-methyl/N-ethyl adjacent to an activating group) is 1. The van der Waals surface area contributed by atoms with Gasteiger partial charge in [-0.3, -0.25) is 14.5 Å². The first-order valence-corrected chi connectivity index (χ1v) is 10.4. The van der Waals surface area contributed by atoms with Crippen molar-refractivity contribution in [3.63, 3.8) is 0 Å². The number of hydrogen-bond donors (Lipinski definition) is 2. The maximum absolute atomic E-state index is 15.1. The summed E-state index contributed by atoms with van der Waals surface area (Å²) in [5.41, 5.74) is 9.71. The number of rotatable bonds is 3. The molecule has 3 aromatic heterocycles. The van der Waals surface area contributed by atoms with Crippen molar-refractivity contribution in [3.8, 4) is 11.1 Å². The molecule has 8 nitrogen and oxygen atoms in total. The van der Waals surface area contributed by atoms with Gasteiger partial charge in [-0.1, -0.05) is 6.58 Å². The van der Waals surface area contributed by atoms with Crippen LogP contribution in [0.25, 0.3) is 27.5 Å². The summed E-state index contributed by atoms with van der Waals surface area (Å²) >= 11 is 0. The van der Waals surface area contributed by atoms with E-state index >= 15 is 4.39 Å². The lowest BCUT2D eigenvalue weighted by Gasteiger charge is -2.13. The van der Waals surface area contributed by atoms with Crippen molar-refractivity contribution in [2.45, 2.75) is 13.5 Å². The third kappa shape index (κ3) is 3.57. The fourth-order valence-corrected chi connectivity index (χ4v) is 4.03. The zero-order valence-electron chi connectivity index (χ0n) is 18.3. The summed E-state index contributed by atoms with van der Waals surface area (Å²) in [5, 5.41) is 8.91. The molecule has 0 spiro atoms. The Morgan fingerprint density at radius 1 is 1.15 bits per heavy atom.